The van der Waals surface area contributed by atoms with E-state index in [4.69, 9.17) is 4.52 Å². The molecule has 0 aliphatic carbocycles. The molecule has 2 aromatic rings. The molecular weight excluding hydrogens is 346 g/mol. The van der Waals surface area contributed by atoms with E-state index in [1.165, 1.54) is 28.6 Å². The molecule has 134 valence electrons. The zero-order chi connectivity index (χ0) is 18.2. The number of rotatable bonds is 5. The average Bonchev–Trinajstić information content (AvgIpc) is 3.21. The fourth-order valence-corrected chi connectivity index (χ4v) is 4.96. The summed E-state index contributed by atoms with van der Waals surface area (Å²) in [6.45, 7) is 4.15. The molecule has 1 saturated heterocycles. The van der Waals surface area contributed by atoms with E-state index in [1.54, 1.807) is 0 Å². The predicted octanol–water partition coefficient (Wildman–Crippen LogP) is 2.98. The summed E-state index contributed by atoms with van der Waals surface area (Å²) in [5, 5.41) is 14.7. The van der Waals surface area contributed by atoms with Crippen molar-refractivity contribution in [1.82, 2.24) is 9.46 Å². The second kappa shape index (κ2) is 6.57. The summed E-state index contributed by atoms with van der Waals surface area (Å²) in [7, 11) is -3.76. The lowest BCUT2D eigenvalue weighted by atomic mass is 10.0. The first-order valence-corrected chi connectivity index (χ1v) is 9.51. The van der Waals surface area contributed by atoms with Crippen LogP contribution in [0.1, 0.15) is 42.8 Å². The highest BCUT2D eigenvalue weighted by molar-refractivity contribution is 7.89. The van der Waals surface area contributed by atoms with Crippen molar-refractivity contribution in [3.05, 3.63) is 51.4 Å². The van der Waals surface area contributed by atoms with Gasteiger partial charge in [0.25, 0.3) is 5.69 Å². The largest absolute Gasteiger partial charge is 0.361 e. The molecule has 1 unspecified atom stereocenters. The Labute approximate surface area is 145 Å². The highest BCUT2D eigenvalue weighted by atomic mass is 32.2. The van der Waals surface area contributed by atoms with Gasteiger partial charge in [-0.2, -0.15) is 4.31 Å². The number of nitro benzene ring substituents is 1. The van der Waals surface area contributed by atoms with E-state index in [1.807, 2.05) is 13.8 Å². The summed E-state index contributed by atoms with van der Waals surface area (Å²) >= 11 is 0. The summed E-state index contributed by atoms with van der Waals surface area (Å²) in [6.07, 6.45) is 2.07. The highest BCUT2D eigenvalue weighted by Crippen LogP contribution is 2.39. The van der Waals surface area contributed by atoms with E-state index in [-0.39, 0.29) is 16.6 Å². The fraction of sp³-hybridized carbons (Fsp3) is 0.438. The number of benzene rings is 1. The molecule has 8 nitrogen and oxygen atoms in total. The number of hydrogen-bond donors (Lipinski definition) is 0. The second-order valence-corrected chi connectivity index (χ2v) is 7.87. The van der Waals surface area contributed by atoms with Crippen LogP contribution < -0.4 is 0 Å². The third-order valence-electron chi connectivity index (χ3n) is 4.50. The first-order chi connectivity index (χ1) is 11.9. The Morgan fingerprint density at radius 2 is 2.04 bits per heavy atom. The van der Waals surface area contributed by atoms with Crippen LogP contribution in [0, 0.1) is 17.0 Å². The fourth-order valence-electron chi connectivity index (χ4n) is 3.30. The number of aromatic nitrogens is 1. The van der Waals surface area contributed by atoms with Crippen molar-refractivity contribution in [3.63, 3.8) is 0 Å². The highest BCUT2D eigenvalue weighted by Gasteiger charge is 2.39. The standard InChI is InChI=1S/C16H19N3O5S/c1-3-15-16(11(2)17-24-15)14-5-4-10-18(14)25(22,23)13-8-6-12(7-9-13)19(20)21/h6-9,14H,3-5,10H2,1-2H3. The lowest BCUT2D eigenvalue weighted by molar-refractivity contribution is -0.384. The number of hydrogen-bond acceptors (Lipinski definition) is 6. The molecule has 1 aromatic carbocycles. The molecule has 0 saturated carbocycles. The topological polar surface area (TPSA) is 107 Å². The molecule has 1 fully saturated rings. The smallest absolute Gasteiger partial charge is 0.269 e. The summed E-state index contributed by atoms with van der Waals surface area (Å²) in [5.74, 6) is 0.702. The van der Waals surface area contributed by atoms with Crippen LogP contribution in [-0.4, -0.2) is 29.3 Å². The lowest BCUT2D eigenvalue weighted by Crippen LogP contribution is -2.31. The Morgan fingerprint density at radius 1 is 1.36 bits per heavy atom. The van der Waals surface area contributed by atoms with Gasteiger partial charge >= 0.3 is 0 Å². The number of aryl methyl sites for hydroxylation is 2. The summed E-state index contributed by atoms with van der Waals surface area (Å²) in [6, 6.07) is 4.66. The average molecular weight is 365 g/mol. The van der Waals surface area contributed by atoms with Gasteiger partial charge in [-0.25, -0.2) is 8.42 Å². The Kier molecular flexibility index (Phi) is 4.61. The van der Waals surface area contributed by atoms with Crippen LogP contribution in [0.25, 0.3) is 0 Å². The monoisotopic (exact) mass is 365 g/mol. The minimum atomic E-state index is -3.76. The first kappa shape index (κ1) is 17.6. The molecule has 0 radical (unpaired) electrons. The molecule has 9 heteroatoms. The molecule has 0 bridgehead atoms. The van der Waals surface area contributed by atoms with E-state index >= 15 is 0 Å². The minimum absolute atomic E-state index is 0.0529. The Morgan fingerprint density at radius 3 is 2.64 bits per heavy atom. The van der Waals surface area contributed by atoms with Gasteiger partial charge < -0.3 is 4.52 Å². The quantitative estimate of drug-likeness (QED) is 0.595. The zero-order valence-corrected chi connectivity index (χ0v) is 14.8. The van der Waals surface area contributed by atoms with Gasteiger partial charge in [-0.15, -0.1) is 0 Å². The maximum atomic E-state index is 13.0. The van der Waals surface area contributed by atoms with Gasteiger partial charge in [-0.3, -0.25) is 10.1 Å². The van der Waals surface area contributed by atoms with Gasteiger partial charge in [-0.05, 0) is 31.9 Å². The zero-order valence-electron chi connectivity index (χ0n) is 14.0. The van der Waals surface area contributed by atoms with E-state index in [0.717, 1.165) is 12.0 Å². The SMILES string of the molecule is CCc1onc(C)c1C1CCCN1S(=O)(=O)c1ccc([N+](=O)[O-])cc1. The van der Waals surface area contributed by atoms with E-state index < -0.39 is 14.9 Å². The third-order valence-corrected chi connectivity index (χ3v) is 6.42. The Hall–Kier alpha value is -2.26. The van der Waals surface area contributed by atoms with Gasteiger partial charge in [-0.1, -0.05) is 12.1 Å². The van der Waals surface area contributed by atoms with Crippen LogP contribution in [0.15, 0.2) is 33.7 Å². The molecule has 25 heavy (non-hydrogen) atoms. The molecule has 0 amide bonds. The molecule has 1 aromatic heterocycles. The van der Waals surface area contributed by atoms with E-state index in [9.17, 15) is 18.5 Å². The molecule has 1 atom stereocenters. The van der Waals surface area contributed by atoms with Crippen molar-refractivity contribution in [2.75, 3.05) is 6.54 Å². The van der Waals surface area contributed by atoms with Crippen molar-refractivity contribution in [2.24, 2.45) is 0 Å². The van der Waals surface area contributed by atoms with Crippen molar-refractivity contribution in [2.45, 2.75) is 44.0 Å². The molecule has 0 N–H and O–H groups in total. The van der Waals surface area contributed by atoms with Crippen molar-refractivity contribution < 1.29 is 17.9 Å². The van der Waals surface area contributed by atoms with Crippen LogP contribution in [0.5, 0.6) is 0 Å². The molecule has 2 heterocycles. The van der Waals surface area contributed by atoms with Gasteiger partial charge in [0.1, 0.15) is 5.76 Å². The van der Waals surface area contributed by atoms with Gasteiger partial charge in [0, 0.05) is 30.7 Å². The number of nitrogens with zero attached hydrogens (tertiary/aromatic N) is 3. The second-order valence-electron chi connectivity index (χ2n) is 5.98. The Balaban J connectivity index is 1.98. The maximum Gasteiger partial charge on any atom is 0.269 e. The molecule has 1 aliphatic heterocycles. The van der Waals surface area contributed by atoms with E-state index in [2.05, 4.69) is 5.16 Å². The number of sulfonamides is 1. The lowest BCUT2D eigenvalue weighted by Gasteiger charge is -2.24. The van der Waals surface area contributed by atoms with Crippen LogP contribution >= 0.6 is 0 Å². The summed E-state index contributed by atoms with van der Waals surface area (Å²) in [4.78, 5) is 10.3. The Bertz CT molecular complexity index is 889. The van der Waals surface area contributed by atoms with Gasteiger partial charge in [0.15, 0.2) is 0 Å². The minimum Gasteiger partial charge on any atom is -0.361 e. The molecule has 0 spiro atoms. The van der Waals surface area contributed by atoms with Crippen LogP contribution in [0.4, 0.5) is 5.69 Å². The predicted molar refractivity (Wildman–Crippen MR) is 89.6 cm³/mol. The van der Waals surface area contributed by atoms with Crippen molar-refractivity contribution >= 4 is 15.7 Å². The van der Waals surface area contributed by atoms with E-state index in [0.29, 0.717) is 30.8 Å². The van der Waals surface area contributed by atoms with Crippen LogP contribution in [0.3, 0.4) is 0 Å². The van der Waals surface area contributed by atoms with Crippen molar-refractivity contribution in [1.29, 1.82) is 0 Å². The third kappa shape index (κ3) is 3.05. The summed E-state index contributed by atoms with van der Waals surface area (Å²) < 4.78 is 32.8. The summed E-state index contributed by atoms with van der Waals surface area (Å²) in [5.41, 5.74) is 1.40. The first-order valence-electron chi connectivity index (χ1n) is 8.07. The normalized spacial score (nSPS) is 18.6. The van der Waals surface area contributed by atoms with Crippen LogP contribution in [-0.2, 0) is 16.4 Å². The van der Waals surface area contributed by atoms with Gasteiger partial charge in [0.2, 0.25) is 10.0 Å². The molecule has 1 aliphatic rings. The van der Waals surface area contributed by atoms with Crippen LogP contribution in [0.2, 0.25) is 0 Å². The molecular formula is C16H19N3O5S. The van der Waals surface area contributed by atoms with Gasteiger partial charge in [0.05, 0.1) is 21.6 Å². The maximum absolute atomic E-state index is 13.0. The molecule has 3 rings (SSSR count). The number of nitro groups is 1. The van der Waals surface area contributed by atoms with Crippen molar-refractivity contribution in [3.8, 4) is 0 Å². The number of non-ortho nitro benzene ring substituents is 1.